The fourth-order valence-corrected chi connectivity index (χ4v) is 1.70. The van der Waals surface area contributed by atoms with Crippen molar-refractivity contribution in [3.8, 4) is 0 Å². The molecule has 1 aromatic carbocycles. The van der Waals surface area contributed by atoms with Crippen molar-refractivity contribution in [3.63, 3.8) is 0 Å². The predicted octanol–water partition coefficient (Wildman–Crippen LogP) is 1.75. The molecule has 6 heteroatoms. The molecular weight excluding hydrogens is 300 g/mol. The molecule has 2 aromatic rings. The van der Waals surface area contributed by atoms with Crippen LogP contribution in [0.15, 0.2) is 45.7 Å². The Morgan fingerprint density at radius 1 is 1.22 bits per heavy atom. The van der Waals surface area contributed by atoms with Crippen LogP contribution in [0.3, 0.4) is 0 Å². The highest BCUT2D eigenvalue weighted by Gasteiger charge is 2.07. The van der Waals surface area contributed by atoms with E-state index in [1.165, 1.54) is 12.1 Å². The van der Waals surface area contributed by atoms with Gasteiger partial charge >= 0.3 is 5.97 Å². The zero-order chi connectivity index (χ0) is 13.1. The Bertz CT molecular complexity index is 635. The Morgan fingerprint density at radius 3 is 2.50 bits per heavy atom. The molecule has 0 bridgehead atoms. The number of aromatic carboxylic acids is 1. The van der Waals surface area contributed by atoms with Crippen LogP contribution in [0.2, 0.25) is 0 Å². The number of carboxylic acids is 1. The summed E-state index contributed by atoms with van der Waals surface area (Å²) >= 11 is 3.31. The van der Waals surface area contributed by atoms with Crippen LogP contribution in [0.25, 0.3) is 0 Å². The van der Waals surface area contributed by atoms with Crippen LogP contribution in [0.5, 0.6) is 0 Å². The highest BCUT2D eigenvalue weighted by atomic mass is 79.9. The van der Waals surface area contributed by atoms with Gasteiger partial charge in [0.2, 0.25) is 0 Å². The van der Waals surface area contributed by atoms with Crippen molar-refractivity contribution in [1.82, 2.24) is 9.78 Å². The van der Waals surface area contributed by atoms with Crippen LogP contribution in [0.4, 0.5) is 0 Å². The van der Waals surface area contributed by atoms with E-state index in [-0.39, 0.29) is 17.8 Å². The second-order valence-electron chi connectivity index (χ2n) is 3.65. The molecule has 0 atom stereocenters. The highest BCUT2D eigenvalue weighted by Crippen LogP contribution is 2.10. The van der Waals surface area contributed by atoms with Crippen molar-refractivity contribution in [1.29, 1.82) is 0 Å². The van der Waals surface area contributed by atoms with E-state index in [0.29, 0.717) is 0 Å². The summed E-state index contributed by atoms with van der Waals surface area (Å²) in [4.78, 5) is 22.3. The van der Waals surface area contributed by atoms with Gasteiger partial charge in [0, 0.05) is 10.5 Å². The molecule has 0 aliphatic rings. The first kappa shape index (κ1) is 12.5. The maximum atomic E-state index is 11.6. The van der Waals surface area contributed by atoms with E-state index >= 15 is 0 Å². The molecule has 0 spiro atoms. The molecule has 0 amide bonds. The first-order valence-corrected chi connectivity index (χ1v) is 5.91. The van der Waals surface area contributed by atoms with Gasteiger partial charge in [-0.3, -0.25) is 4.79 Å². The van der Waals surface area contributed by atoms with Gasteiger partial charge in [0.15, 0.2) is 5.69 Å². The Balaban J connectivity index is 2.33. The first-order valence-electron chi connectivity index (χ1n) is 5.12. The van der Waals surface area contributed by atoms with Gasteiger partial charge in [-0.25, -0.2) is 9.48 Å². The van der Waals surface area contributed by atoms with Gasteiger partial charge in [0.25, 0.3) is 5.56 Å². The number of carboxylic acid groups (broad SMARTS) is 1. The van der Waals surface area contributed by atoms with Gasteiger partial charge in [-0.05, 0) is 23.8 Å². The van der Waals surface area contributed by atoms with Crippen LogP contribution in [-0.4, -0.2) is 20.9 Å². The molecule has 0 aliphatic carbocycles. The Labute approximate surface area is 111 Å². The minimum atomic E-state index is -1.15. The van der Waals surface area contributed by atoms with E-state index in [2.05, 4.69) is 21.0 Å². The number of halogens is 1. The summed E-state index contributed by atoms with van der Waals surface area (Å²) in [6.45, 7) is 0.243. The van der Waals surface area contributed by atoms with Gasteiger partial charge < -0.3 is 5.11 Å². The fourth-order valence-electron chi connectivity index (χ4n) is 1.44. The average Bonchev–Trinajstić information content (AvgIpc) is 2.34. The van der Waals surface area contributed by atoms with Crippen molar-refractivity contribution < 1.29 is 9.90 Å². The average molecular weight is 309 g/mol. The van der Waals surface area contributed by atoms with Crippen molar-refractivity contribution in [2.75, 3.05) is 0 Å². The van der Waals surface area contributed by atoms with E-state index in [9.17, 15) is 9.59 Å². The van der Waals surface area contributed by atoms with Crippen molar-refractivity contribution in [2.24, 2.45) is 0 Å². The van der Waals surface area contributed by atoms with Crippen molar-refractivity contribution in [3.05, 3.63) is 62.5 Å². The number of benzene rings is 1. The molecule has 0 saturated heterocycles. The predicted molar refractivity (Wildman–Crippen MR) is 68.7 cm³/mol. The van der Waals surface area contributed by atoms with Crippen LogP contribution in [0.1, 0.15) is 16.1 Å². The molecule has 18 heavy (non-hydrogen) atoms. The molecule has 0 saturated carbocycles. The summed E-state index contributed by atoms with van der Waals surface area (Å²) < 4.78 is 2.07. The molecule has 92 valence electrons. The van der Waals surface area contributed by atoms with Gasteiger partial charge in [-0.2, -0.15) is 5.10 Å². The molecule has 5 nitrogen and oxygen atoms in total. The molecule has 1 aromatic heterocycles. The third-order valence-electron chi connectivity index (χ3n) is 2.33. The van der Waals surface area contributed by atoms with E-state index in [1.807, 2.05) is 24.3 Å². The number of carbonyl (C=O) groups is 1. The topological polar surface area (TPSA) is 72.2 Å². The minimum absolute atomic E-state index is 0.147. The maximum Gasteiger partial charge on any atom is 0.356 e. The molecule has 0 fully saturated rings. The first-order chi connectivity index (χ1) is 8.56. The maximum absolute atomic E-state index is 11.6. The van der Waals surface area contributed by atoms with Gasteiger partial charge in [-0.1, -0.05) is 28.1 Å². The van der Waals surface area contributed by atoms with Crippen molar-refractivity contribution >= 4 is 21.9 Å². The number of hydrogen-bond acceptors (Lipinski definition) is 3. The van der Waals surface area contributed by atoms with Gasteiger partial charge in [0.1, 0.15) is 0 Å². The summed E-state index contributed by atoms with van der Waals surface area (Å²) in [5.41, 5.74) is 0.393. The SMILES string of the molecule is O=C(O)c1ccc(=O)n(Cc2ccc(Br)cc2)n1. The highest BCUT2D eigenvalue weighted by molar-refractivity contribution is 9.10. The van der Waals surface area contributed by atoms with Crippen LogP contribution in [0, 0.1) is 0 Å². The van der Waals surface area contributed by atoms with Crippen molar-refractivity contribution in [2.45, 2.75) is 6.54 Å². The molecule has 0 unspecified atom stereocenters. The molecule has 0 aliphatic heterocycles. The number of rotatable bonds is 3. The van der Waals surface area contributed by atoms with Crippen LogP contribution >= 0.6 is 15.9 Å². The lowest BCUT2D eigenvalue weighted by atomic mass is 10.2. The number of hydrogen-bond donors (Lipinski definition) is 1. The molecule has 1 N–H and O–H groups in total. The van der Waals surface area contributed by atoms with E-state index in [1.54, 1.807) is 0 Å². The quantitative estimate of drug-likeness (QED) is 0.937. The fraction of sp³-hybridized carbons (Fsp3) is 0.0833. The smallest absolute Gasteiger partial charge is 0.356 e. The zero-order valence-corrected chi connectivity index (χ0v) is 10.8. The Hall–Kier alpha value is -1.95. The van der Waals surface area contributed by atoms with Crippen LogP contribution in [-0.2, 0) is 6.54 Å². The summed E-state index contributed by atoms with van der Waals surface area (Å²) in [6, 6.07) is 9.78. The standard InChI is InChI=1S/C12H9BrN2O3/c13-9-3-1-8(2-4-9)7-15-11(16)6-5-10(14-15)12(17)18/h1-6H,7H2,(H,17,18). The lowest BCUT2D eigenvalue weighted by molar-refractivity contribution is 0.0687. The normalized spacial score (nSPS) is 10.3. The third kappa shape index (κ3) is 2.84. The zero-order valence-electron chi connectivity index (χ0n) is 9.21. The summed E-state index contributed by atoms with van der Waals surface area (Å²) in [5, 5.41) is 12.6. The summed E-state index contributed by atoms with van der Waals surface area (Å²) in [6.07, 6.45) is 0. The van der Waals surface area contributed by atoms with Gasteiger partial charge in [0.05, 0.1) is 6.54 Å². The van der Waals surface area contributed by atoms with E-state index in [4.69, 9.17) is 5.11 Å². The molecule has 0 radical (unpaired) electrons. The monoisotopic (exact) mass is 308 g/mol. The minimum Gasteiger partial charge on any atom is -0.476 e. The summed E-state index contributed by atoms with van der Waals surface area (Å²) in [7, 11) is 0. The van der Waals surface area contributed by atoms with Crippen LogP contribution < -0.4 is 5.56 Å². The second-order valence-corrected chi connectivity index (χ2v) is 4.56. The third-order valence-corrected chi connectivity index (χ3v) is 2.86. The molecule has 1 heterocycles. The van der Waals surface area contributed by atoms with E-state index in [0.717, 1.165) is 14.7 Å². The van der Waals surface area contributed by atoms with Gasteiger partial charge in [-0.15, -0.1) is 0 Å². The largest absolute Gasteiger partial charge is 0.476 e. The lowest BCUT2D eigenvalue weighted by Crippen LogP contribution is -2.24. The molecule has 2 rings (SSSR count). The Kier molecular flexibility index (Phi) is 3.57. The molecular formula is C12H9BrN2O3. The second kappa shape index (κ2) is 5.14. The Morgan fingerprint density at radius 2 is 1.89 bits per heavy atom. The number of aromatic nitrogens is 2. The van der Waals surface area contributed by atoms with E-state index < -0.39 is 5.97 Å². The number of nitrogens with zero attached hydrogens (tertiary/aromatic N) is 2. The summed E-state index contributed by atoms with van der Waals surface area (Å²) in [5.74, 6) is -1.15. The lowest BCUT2D eigenvalue weighted by Gasteiger charge is -2.05.